The standard InChI is InChI=1S/C32H41N3O3S/c1-31(2,3)18-23-15-25-27(19-32(12-8-13-32)38-30(25)34-20-23)33-21-28(36)26(16-22-9-5-4-6-10-22)35-29(37)17-24-11-7-14-39-24/h4-7,9-11,14-15,20,26-28,33,36H,8,12-13,16-19,21H2,1-3H3,(H,35,37)/t26-,27-,28+/m0/s1. The van der Waals surface area contributed by atoms with Crippen molar-refractivity contribution in [2.24, 2.45) is 5.41 Å². The van der Waals surface area contributed by atoms with E-state index < -0.39 is 12.1 Å². The van der Waals surface area contributed by atoms with E-state index in [4.69, 9.17) is 9.72 Å². The van der Waals surface area contributed by atoms with Crippen LogP contribution in [-0.4, -0.2) is 40.3 Å². The highest BCUT2D eigenvalue weighted by molar-refractivity contribution is 7.10. The van der Waals surface area contributed by atoms with Gasteiger partial charge >= 0.3 is 0 Å². The smallest absolute Gasteiger partial charge is 0.225 e. The molecule has 2 aromatic heterocycles. The fraction of sp³-hybridized carbons (Fsp3) is 0.500. The molecule has 2 aliphatic rings. The zero-order chi connectivity index (χ0) is 27.5. The van der Waals surface area contributed by atoms with Crippen LogP contribution in [-0.2, 0) is 24.1 Å². The molecule has 1 aliphatic heterocycles. The summed E-state index contributed by atoms with van der Waals surface area (Å²) in [6.07, 6.45) is 7.11. The van der Waals surface area contributed by atoms with Crippen LogP contribution in [0.15, 0.2) is 60.1 Å². The molecule has 3 N–H and O–H groups in total. The lowest BCUT2D eigenvalue weighted by Crippen LogP contribution is -2.52. The number of carbonyl (C=O) groups is 1. The first-order valence-electron chi connectivity index (χ1n) is 14.1. The Balaban J connectivity index is 1.31. The minimum Gasteiger partial charge on any atom is -0.471 e. The van der Waals surface area contributed by atoms with E-state index >= 15 is 0 Å². The molecule has 1 aliphatic carbocycles. The zero-order valence-corrected chi connectivity index (χ0v) is 24.1. The Morgan fingerprint density at radius 2 is 1.97 bits per heavy atom. The second-order valence-electron chi connectivity index (χ2n) is 12.5. The maximum atomic E-state index is 12.9. The second-order valence-corrected chi connectivity index (χ2v) is 13.5. The first-order valence-corrected chi connectivity index (χ1v) is 15.0. The SMILES string of the molecule is CC(C)(C)Cc1cnc2c(c1)[C@@H](NC[C@@H](O)[C@H](Cc1ccccc1)NC(=O)Cc1cccs1)CC1(CCC1)O2. The van der Waals surface area contributed by atoms with E-state index in [9.17, 15) is 9.90 Å². The summed E-state index contributed by atoms with van der Waals surface area (Å²) in [7, 11) is 0. The molecule has 7 heteroatoms. The van der Waals surface area contributed by atoms with Gasteiger partial charge in [0.1, 0.15) is 5.60 Å². The van der Waals surface area contributed by atoms with Crippen molar-refractivity contribution in [3.05, 3.63) is 81.7 Å². The number of rotatable bonds is 10. The summed E-state index contributed by atoms with van der Waals surface area (Å²) in [6.45, 7) is 7.06. The van der Waals surface area contributed by atoms with Crippen molar-refractivity contribution in [2.75, 3.05) is 6.54 Å². The lowest BCUT2D eigenvalue weighted by atomic mass is 9.73. The molecule has 0 unspecified atom stereocenters. The van der Waals surface area contributed by atoms with Gasteiger partial charge in [0.15, 0.2) is 0 Å². The summed E-state index contributed by atoms with van der Waals surface area (Å²) in [5, 5.41) is 20.2. The molecule has 0 bridgehead atoms. The van der Waals surface area contributed by atoms with E-state index in [0.717, 1.165) is 47.6 Å². The molecule has 0 saturated heterocycles. The Labute approximate surface area is 236 Å². The van der Waals surface area contributed by atoms with Crippen molar-refractivity contribution in [3.8, 4) is 5.88 Å². The molecular weight excluding hydrogens is 506 g/mol. The lowest BCUT2D eigenvalue weighted by molar-refractivity contribution is -0.121. The molecule has 39 heavy (non-hydrogen) atoms. The topological polar surface area (TPSA) is 83.5 Å². The van der Waals surface area contributed by atoms with Gasteiger partial charge in [-0.25, -0.2) is 4.98 Å². The first-order chi connectivity index (χ1) is 18.7. The number of fused-ring (bicyclic) bond motifs is 1. The molecule has 3 aromatic rings. The highest BCUT2D eigenvalue weighted by atomic mass is 32.1. The number of nitrogens with zero attached hydrogens (tertiary/aromatic N) is 1. The number of aromatic nitrogens is 1. The van der Waals surface area contributed by atoms with Gasteiger partial charge < -0.3 is 20.5 Å². The maximum absolute atomic E-state index is 12.9. The number of hydrogen-bond acceptors (Lipinski definition) is 6. The number of amides is 1. The summed E-state index contributed by atoms with van der Waals surface area (Å²) in [6, 6.07) is 15.8. The molecule has 208 valence electrons. The molecule has 1 spiro atoms. The third-order valence-electron chi connectivity index (χ3n) is 7.80. The van der Waals surface area contributed by atoms with Crippen molar-refractivity contribution in [3.63, 3.8) is 0 Å². The number of aliphatic hydroxyl groups excluding tert-OH is 1. The normalized spacial score (nSPS) is 19.4. The summed E-state index contributed by atoms with van der Waals surface area (Å²) >= 11 is 1.57. The van der Waals surface area contributed by atoms with Gasteiger partial charge in [-0.3, -0.25) is 4.79 Å². The predicted octanol–water partition coefficient (Wildman–Crippen LogP) is 5.40. The number of carbonyl (C=O) groups excluding carboxylic acids is 1. The Hall–Kier alpha value is -2.74. The van der Waals surface area contributed by atoms with E-state index in [2.05, 4.69) is 37.5 Å². The van der Waals surface area contributed by atoms with Crippen LogP contribution in [0.3, 0.4) is 0 Å². The van der Waals surface area contributed by atoms with Crippen molar-refractivity contribution in [2.45, 2.75) is 89.5 Å². The maximum Gasteiger partial charge on any atom is 0.225 e. The van der Waals surface area contributed by atoms with Crippen LogP contribution in [0, 0.1) is 5.41 Å². The minimum absolute atomic E-state index is 0.0373. The van der Waals surface area contributed by atoms with Crippen LogP contribution < -0.4 is 15.4 Å². The fourth-order valence-corrected chi connectivity index (χ4v) is 6.44. The zero-order valence-electron chi connectivity index (χ0n) is 23.3. The predicted molar refractivity (Wildman–Crippen MR) is 156 cm³/mol. The molecule has 1 fully saturated rings. The van der Waals surface area contributed by atoms with Crippen LogP contribution in [0.4, 0.5) is 0 Å². The first kappa shape index (κ1) is 27.8. The molecule has 1 saturated carbocycles. The van der Waals surface area contributed by atoms with Gasteiger partial charge in [-0.2, -0.15) is 0 Å². The number of thiophene rings is 1. The summed E-state index contributed by atoms with van der Waals surface area (Å²) in [4.78, 5) is 18.7. The van der Waals surface area contributed by atoms with Crippen molar-refractivity contribution in [1.29, 1.82) is 0 Å². The van der Waals surface area contributed by atoms with E-state index in [1.807, 2.05) is 54.0 Å². The van der Waals surface area contributed by atoms with Crippen LogP contribution in [0.1, 0.15) is 74.1 Å². The lowest BCUT2D eigenvalue weighted by Gasteiger charge is -2.47. The quantitative estimate of drug-likeness (QED) is 0.317. The van der Waals surface area contributed by atoms with Gasteiger partial charge in [0, 0.05) is 35.6 Å². The average molecular weight is 548 g/mol. The van der Waals surface area contributed by atoms with Gasteiger partial charge in [0.25, 0.3) is 0 Å². The van der Waals surface area contributed by atoms with E-state index in [0.29, 0.717) is 19.4 Å². The monoisotopic (exact) mass is 547 g/mol. The highest BCUT2D eigenvalue weighted by Crippen LogP contribution is 2.48. The van der Waals surface area contributed by atoms with Gasteiger partial charge in [-0.15, -0.1) is 11.3 Å². The number of benzene rings is 1. The molecule has 3 atom stereocenters. The average Bonchev–Trinajstić information content (AvgIpc) is 3.38. The van der Waals surface area contributed by atoms with Crippen LogP contribution in [0.2, 0.25) is 0 Å². The fourth-order valence-electron chi connectivity index (χ4n) is 5.73. The molecule has 6 nitrogen and oxygen atoms in total. The Morgan fingerprint density at radius 3 is 2.64 bits per heavy atom. The molecular formula is C32H41N3O3S. The second kappa shape index (κ2) is 11.8. The molecule has 3 heterocycles. The van der Waals surface area contributed by atoms with Crippen LogP contribution >= 0.6 is 11.3 Å². The van der Waals surface area contributed by atoms with Crippen LogP contribution in [0.5, 0.6) is 5.88 Å². The van der Waals surface area contributed by atoms with Crippen molar-refractivity contribution in [1.82, 2.24) is 15.6 Å². The van der Waals surface area contributed by atoms with Crippen LogP contribution in [0.25, 0.3) is 0 Å². The molecule has 1 amide bonds. The highest BCUT2D eigenvalue weighted by Gasteiger charge is 2.46. The van der Waals surface area contributed by atoms with Gasteiger partial charge in [0.05, 0.1) is 18.6 Å². The number of nitrogens with one attached hydrogen (secondary N) is 2. The Bertz CT molecular complexity index is 1240. The van der Waals surface area contributed by atoms with Crippen molar-refractivity contribution >= 4 is 17.2 Å². The Kier molecular flexibility index (Phi) is 8.40. The van der Waals surface area contributed by atoms with E-state index in [1.54, 1.807) is 11.3 Å². The number of hydrogen-bond donors (Lipinski definition) is 3. The van der Waals surface area contributed by atoms with E-state index in [1.165, 1.54) is 12.0 Å². The number of aliphatic hydroxyl groups is 1. The van der Waals surface area contributed by atoms with E-state index in [-0.39, 0.29) is 23.0 Å². The summed E-state index contributed by atoms with van der Waals surface area (Å²) < 4.78 is 6.44. The third-order valence-corrected chi connectivity index (χ3v) is 8.67. The summed E-state index contributed by atoms with van der Waals surface area (Å²) in [5.41, 5.74) is 3.35. The van der Waals surface area contributed by atoms with Crippen molar-refractivity contribution < 1.29 is 14.6 Å². The minimum atomic E-state index is -0.758. The molecule has 1 aromatic carbocycles. The largest absolute Gasteiger partial charge is 0.471 e. The van der Waals surface area contributed by atoms with Gasteiger partial charge in [0.2, 0.25) is 11.8 Å². The molecule has 5 rings (SSSR count). The molecule has 0 radical (unpaired) electrons. The van der Waals surface area contributed by atoms with Gasteiger partial charge in [-0.05, 0) is 66.2 Å². The Morgan fingerprint density at radius 1 is 1.18 bits per heavy atom. The van der Waals surface area contributed by atoms with Gasteiger partial charge in [-0.1, -0.05) is 57.2 Å². The number of pyridine rings is 1. The summed E-state index contributed by atoms with van der Waals surface area (Å²) in [5.74, 6) is 0.647. The third kappa shape index (κ3) is 7.27. The number of ether oxygens (including phenoxy) is 1.